The van der Waals surface area contributed by atoms with Gasteiger partial charge in [0.25, 0.3) is 11.6 Å². The van der Waals surface area contributed by atoms with Gasteiger partial charge in [0.1, 0.15) is 11.3 Å². The first-order chi connectivity index (χ1) is 13.3. The maximum atomic E-state index is 12.4. The van der Waals surface area contributed by atoms with Crippen molar-refractivity contribution in [2.24, 2.45) is 4.99 Å². The first kappa shape index (κ1) is 19.1. The standard InChI is InChI=1S/C18H13N3O6S/c1-20-16(23)15(8-10-2-5-12(6-3-10)21(26)27)28-18(20)19-11-4-7-13(17(24)25)14(22)9-11/h2-9,22H,1H3,(H,24,25)/b15-8-,19-18?. The average molecular weight is 399 g/mol. The van der Waals surface area contributed by atoms with Crippen molar-refractivity contribution in [1.29, 1.82) is 0 Å². The molecule has 0 saturated carbocycles. The Balaban J connectivity index is 1.86. The van der Waals surface area contributed by atoms with E-state index in [0.717, 1.165) is 11.8 Å². The Hall–Kier alpha value is -3.66. The van der Waals surface area contributed by atoms with Crippen LogP contribution in [0.1, 0.15) is 15.9 Å². The minimum Gasteiger partial charge on any atom is -0.507 e. The van der Waals surface area contributed by atoms with Gasteiger partial charge in [-0.1, -0.05) is 0 Å². The Morgan fingerprint density at radius 3 is 2.50 bits per heavy atom. The van der Waals surface area contributed by atoms with Gasteiger partial charge in [0.15, 0.2) is 5.17 Å². The molecule has 3 rings (SSSR count). The molecule has 0 spiro atoms. The van der Waals surface area contributed by atoms with E-state index >= 15 is 0 Å². The summed E-state index contributed by atoms with van der Waals surface area (Å²) >= 11 is 1.10. The fourth-order valence-electron chi connectivity index (χ4n) is 2.38. The van der Waals surface area contributed by atoms with Gasteiger partial charge in [-0.2, -0.15) is 0 Å². The van der Waals surface area contributed by atoms with Crippen LogP contribution in [0.4, 0.5) is 11.4 Å². The molecule has 28 heavy (non-hydrogen) atoms. The van der Waals surface area contributed by atoms with Crippen molar-refractivity contribution < 1.29 is 24.7 Å². The van der Waals surface area contributed by atoms with E-state index in [0.29, 0.717) is 21.3 Å². The van der Waals surface area contributed by atoms with E-state index in [1.807, 2.05) is 0 Å². The van der Waals surface area contributed by atoms with Crippen LogP contribution in [0.15, 0.2) is 52.4 Å². The summed E-state index contributed by atoms with van der Waals surface area (Å²) in [6.07, 6.45) is 1.60. The summed E-state index contributed by atoms with van der Waals surface area (Å²) in [6, 6.07) is 9.63. The number of aliphatic imine (C=N–C) groups is 1. The lowest BCUT2D eigenvalue weighted by Gasteiger charge is -2.07. The van der Waals surface area contributed by atoms with Crippen LogP contribution < -0.4 is 0 Å². The molecule has 0 unspecified atom stereocenters. The lowest BCUT2D eigenvalue weighted by Crippen LogP contribution is -2.23. The van der Waals surface area contributed by atoms with Crippen molar-refractivity contribution in [2.75, 3.05) is 7.05 Å². The van der Waals surface area contributed by atoms with Gasteiger partial charge in [0.05, 0.1) is 15.5 Å². The molecule has 1 aliphatic rings. The van der Waals surface area contributed by atoms with Gasteiger partial charge >= 0.3 is 5.97 Å². The van der Waals surface area contributed by atoms with Crippen LogP contribution in [0.25, 0.3) is 6.08 Å². The van der Waals surface area contributed by atoms with Crippen molar-refractivity contribution >= 4 is 46.3 Å². The highest BCUT2D eigenvalue weighted by molar-refractivity contribution is 8.18. The van der Waals surface area contributed by atoms with Crippen LogP contribution in [0, 0.1) is 10.1 Å². The Labute approximate surface area is 162 Å². The number of amidine groups is 1. The molecule has 0 atom stereocenters. The quantitative estimate of drug-likeness (QED) is 0.458. The minimum absolute atomic E-state index is 0.0449. The van der Waals surface area contributed by atoms with Gasteiger partial charge in [0.2, 0.25) is 0 Å². The number of carboxylic acid groups (broad SMARTS) is 1. The highest BCUT2D eigenvalue weighted by Crippen LogP contribution is 2.34. The summed E-state index contributed by atoms with van der Waals surface area (Å²) in [5, 5.41) is 29.8. The molecule has 142 valence electrons. The molecule has 1 aliphatic heterocycles. The van der Waals surface area contributed by atoms with Gasteiger partial charge in [-0.05, 0) is 47.7 Å². The maximum absolute atomic E-state index is 12.4. The first-order valence-corrected chi connectivity index (χ1v) is 8.65. The highest BCUT2D eigenvalue weighted by atomic mass is 32.2. The van der Waals surface area contributed by atoms with E-state index in [2.05, 4.69) is 4.99 Å². The molecule has 9 nitrogen and oxygen atoms in total. The molecule has 0 aliphatic carbocycles. The summed E-state index contributed by atoms with van der Waals surface area (Å²) in [4.78, 5) is 39.6. The number of carbonyl (C=O) groups excluding carboxylic acids is 1. The fraction of sp³-hybridized carbons (Fsp3) is 0.0556. The molecule has 10 heteroatoms. The van der Waals surface area contributed by atoms with Gasteiger partial charge in [-0.3, -0.25) is 19.8 Å². The molecular formula is C18H13N3O6S. The van der Waals surface area contributed by atoms with Crippen LogP contribution in [-0.2, 0) is 4.79 Å². The predicted octanol–water partition coefficient (Wildman–Crippen LogP) is 3.23. The van der Waals surface area contributed by atoms with Crippen LogP contribution in [0.2, 0.25) is 0 Å². The predicted molar refractivity (Wildman–Crippen MR) is 104 cm³/mol. The molecule has 1 heterocycles. The zero-order chi connectivity index (χ0) is 20.4. The zero-order valence-electron chi connectivity index (χ0n) is 14.4. The number of carbonyl (C=O) groups is 2. The fourth-order valence-corrected chi connectivity index (χ4v) is 3.36. The molecule has 1 saturated heterocycles. The molecule has 1 amide bonds. The number of aromatic carboxylic acids is 1. The number of carboxylic acids is 1. The second-order valence-electron chi connectivity index (χ2n) is 5.72. The van der Waals surface area contributed by atoms with E-state index in [4.69, 9.17) is 5.11 Å². The highest BCUT2D eigenvalue weighted by Gasteiger charge is 2.30. The Kier molecular flexibility index (Phi) is 5.14. The summed E-state index contributed by atoms with van der Waals surface area (Å²) in [7, 11) is 1.54. The maximum Gasteiger partial charge on any atom is 0.339 e. The normalized spacial score (nSPS) is 16.8. The van der Waals surface area contributed by atoms with Gasteiger partial charge in [0, 0.05) is 25.2 Å². The van der Waals surface area contributed by atoms with Crippen LogP contribution >= 0.6 is 11.8 Å². The lowest BCUT2D eigenvalue weighted by molar-refractivity contribution is -0.384. The Morgan fingerprint density at radius 1 is 1.25 bits per heavy atom. The van der Waals surface area contributed by atoms with E-state index in [9.17, 15) is 24.8 Å². The van der Waals surface area contributed by atoms with E-state index in [-0.39, 0.29) is 17.2 Å². The minimum atomic E-state index is -1.26. The number of hydrogen-bond acceptors (Lipinski definition) is 7. The number of phenols is 1. The Morgan fingerprint density at radius 2 is 1.93 bits per heavy atom. The molecule has 2 aromatic carbocycles. The third-order valence-corrected chi connectivity index (χ3v) is 4.90. The molecule has 0 aromatic heterocycles. The number of nitrogens with zero attached hydrogens (tertiary/aromatic N) is 3. The van der Waals surface area contributed by atoms with Crippen LogP contribution in [0.3, 0.4) is 0 Å². The van der Waals surface area contributed by atoms with E-state index in [1.54, 1.807) is 6.08 Å². The first-order valence-electron chi connectivity index (χ1n) is 7.83. The van der Waals surface area contributed by atoms with Crippen LogP contribution in [-0.4, -0.2) is 44.1 Å². The van der Waals surface area contributed by atoms with Gasteiger partial charge in [-0.25, -0.2) is 9.79 Å². The molecule has 2 aromatic rings. The van der Waals surface area contributed by atoms with Gasteiger partial charge in [-0.15, -0.1) is 0 Å². The number of rotatable bonds is 4. The van der Waals surface area contributed by atoms with E-state index < -0.39 is 16.6 Å². The average Bonchev–Trinajstić information content (AvgIpc) is 2.90. The SMILES string of the molecule is CN1C(=O)/C(=C/c2ccc([N+](=O)[O-])cc2)SC1=Nc1ccc(C(=O)O)c(O)c1. The number of aromatic hydroxyl groups is 1. The number of nitro benzene ring substituents is 1. The molecule has 0 bridgehead atoms. The third-order valence-electron chi connectivity index (χ3n) is 3.84. The molecule has 1 fully saturated rings. The second kappa shape index (κ2) is 7.53. The van der Waals surface area contributed by atoms with Crippen molar-refractivity contribution in [3.05, 3.63) is 68.6 Å². The number of amides is 1. The smallest absolute Gasteiger partial charge is 0.339 e. The number of benzene rings is 2. The summed E-state index contributed by atoms with van der Waals surface area (Å²) in [6.45, 7) is 0. The second-order valence-corrected chi connectivity index (χ2v) is 6.73. The number of likely N-dealkylation sites (N-methyl/N-ethyl adjacent to an activating group) is 1. The lowest BCUT2D eigenvalue weighted by atomic mass is 10.2. The van der Waals surface area contributed by atoms with Gasteiger partial charge < -0.3 is 10.2 Å². The van der Waals surface area contributed by atoms with Crippen LogP contribution in [0.5, 0.6) is 5.75 Å². The molecule has 0 radical (unpaired) electrons. The Bertz CT molecular complexity index is 1050. The summed E-state index contributed by atoms with van der Waals surface area (Å²) in [5.74, 6) is -1.98. The molecular weight excluding hydrogens is 386 g/mol. The number of hydrogen-bond donors (Lipinski definition) is 2. The third kappa shape index (κ3) is 3.86. The van der Waals surface area contributed by atoms with Crippen molar-refractivity contribution in [3.63, 3.8) is 0 Å². The largest absolute Gasteiger partial charge is 0.507 e. The zero-order valence-corrected chi connectivity index (χ0v) is 15.2. The summed E-state index contributed by atoms with van der Waals surface area (Å²) < 4.78 is 0. The van der Waals surface area contributed by atoms with E-state index in [1.165, 1.54) is 54.4 Å². The molecule has 2 N–H and O–H groups in total. The topological polar surface area (TPSA) is 133 Å². The number of thioether (sulfide) groups is 1. The number of non-ortho nitro benzene ring substituents is 1. The van der Waals surface area contributed by atoms with Crippen molar-refractivity contribution in [3.8, 4) is 5.75 Å². The van der Waals surface area contributed by atoms with Crippen molar-refractivity contribution in [1.82, 2.24) is 4.90 Å². The number of nitro groups is 1. The summed E-state index contributed by atoms with van der Waals surface area (Å²) in [5.41, 5.74) is 0.628. The monoisotopic (exact) mass is 399 g/mol. The van der Waals surface area contributed by atoms with Crippen molar-refractivity contribution in [2.45, 2.75) is 0 Å².